The highest BCUT2D eigenvalue weighted by molar-refractivity contribution is 6.13. The van der Waals surface area contributed by atoms with Gasteiger partial charge in [0.1, 0.15) is 0 Å². The monoisotopic (exact) mass is 847 g/mol. The summed E-state index contributed by atoms with van der Waals surface area (Å²) in [5, 5.41) is 14.7. The second-order valence-electron chi connectivity index (χ2n) is 17.0. The average molecular weight is 848 g/mol. The van der Waals surface area contributed by atoms with Crippen LogP contribution in [0.3, 0.4) is 0 Å². The summed E-state index contributed by atoms with van der Waals surface area (Å²) in [7, 11) is 0. The first-order valence-electron chi connectivity index (χ1n) is 21.6. The molecule has 2 heterocycles. The van der Waals surface area contributed by atoms with Crippen molar-refractivity contribution in [2.45, 2.75) is 26.9 Å². The molecule has 11 rings (SSSR count). The number of hydrogen-bond acceptors (Lipinski definition) is 1. The van der Waals surface area contributed by atoms with E-state index in [-0.39, 0.29) is 5.56 Å². The first-order valence-corrected chi connectivity index (χ1v) is 21.6. The van der Waals surface area contributed by atoms with E-state index in [4.69, 9.17) is 0 Å². The van der Waals surface area contributed by atoms with Crippen LogP contribution in [-0.4, -0.2) is 9.13 Å². The van der Waals surface area contributed by atoms with Gasteiger partial charge in [-0.05, 0) is 133 Å². The molecule has 0 saturated heterocycles. The van der Waals surface area contributed by atoms with Crippen molar-refractivity contribution in [2.24, 2.45) is 0 Å². The lowest BCUT2D eigenvalue weighted by Crippen LogP contribution is -2.08. The number of aromatic nitrogens is 2. The lowest BCUT2D eigenvalue weighted by Gasteiger charge is -2.21. The van der Waals surface area contributed by atoms with E-state index in [0.717, 1.165) is 83.3 Å². The maximum absolute atomic E-state index is 14.9. The molecule has 0 atom stereocenters. The third-order valence-electron chi connectivity index (χ3n) is 12.8. The third kappa shape index (κ3) is 6.67. The molecule has 65 heavy (non-hydrogen) atoms. The molecule has 0 aliphatic heterocycles. The Bertz CT molecular complexity index is 3760. The van der Waals surface area contributed by atoms with Crippen LogP contribution in [0.4, 0.5) is 13.2 Å². The number of benzene rings is 9. The quantitative estimate of drug-likeness (QED) is 0.164. The lowest BCUT2D eigenvalue weighted by atomic mass is 9.90. The van der Waals surface area contributed by atoms with Crippen molar-refractivity contribution in [3.63, 3.8) is 0 Å². The Hall–Kier alpha value is -8.14. The summed E-state index contributed by atoms with van der Waals surface area (Å²) in [4.78, 5) is 0. The van der Waals surface area contributed by atoms with Gasteiger partial charge in [0.05, 0.1) is 50.6 Å². The fourth-order valence-corrected chi connectivity index (χ4v) is 9.88. The molecular weight excluding hydrogens is 808 g/mol. The first-order chi connectivity index (χ1) is 31.6. The molecule has 6 heteroatoms. The minimum atomic E-state index is -4.59. The Balaban J connectivity index is 1.23. The van der Waals surface area contributed by atoms with Crippen LogP contribution in [0.1, 0.15) is 27.8 Å². The van der Waals surface area contributed by atoms with Gasteiger partial charge in [-0.15, -0.1) is 0 Å². The van der Waals surface area contributed by atoms with Crippen LogP contribution in [-0.2, 0) is 6.18 Å². The smallest absolute Gasteiger partial charge is 0.309 e. The number of nitrogens with zero attached hydrogens (tertiary/aromatic N) is 3. The summed E-state index contributed by atoms with van der Waals surface area (Å²) in [5.74, 6) is 0. The van der Waals surface area contributed by atoms with Gasteiger partial charge in [-0.2, -0.15) is 18.4 Å². The van der Waals surface area contributed by atoms with Gasteiger partial charge in [0, 0.05) is 32.7 Å². The van der Waals surface area contributed by atoms with Crippen molar-refractivity contribution in [3.05, 3.63) is 216 Å². The molecule has 2 aromatic heterocycles. The van der Waals surface area contributed by atoms with Gasteiger partial charge in [0.2, 0.25) is 0 Å². The topological polar surface area (TPSA) is 33.6 Å². The first kappa shape index (κ1) is 39.7. The molecule has 0 unspecified atom stereocenters. The summed E-state index contributed by atoms with van der Waals surface area (Å²) >= 11 is 0. The highest BCUT2D eigenvalue weighted by Gasteiger charge is 2.34. The van der Waals surface area contributed by atoms with E-state index < -0.39 is 11.7 Å². The number of aryl methyl sites for hydroxylation is 3. The maximum atomic E-state index is 14.9. The van der Waals surface area contributed by atoms with Crippen LogP contribution < -0.4 is 0 Å². The van der Waals surface area contributed by atoms with Gasteiger partial charge < -0.3 is 9.13 Å². The average Bonchev–Trinajstić information content (AvgIpc) is 3.83. The third-order valence-corrected chi connectivity index (χ3v) is 12.8. The fourth-order valence-electron chi connectivity index (χ4n) is 9.88. The Labute approximate surface area is 374 Å². The second kappa shape index (κ2) is 15.3. The van der Waals surface area contributed by atoms with E-state index in [2.05, 4.69) is 138 Å². The van der Waals surface area contributed by atoms with Crippen LogP contribution in [0, 0.1) is 32.1 Å². The molecule has 312 valence electrons. The summed E-state index contributed by atoms with van der Waals surface area (Å²) < 4.78 is 49.2. The Morgan fingerprint density at radius 1 is 0.415 bits per heavy atom. The number of halogens is 3. The molecule has 0 bridgehead atoms. The van der Waals surface area contributed by atoms with E-state index in [0.29, 0.717) is 27.8 Å². The zero-order valence-corrected chi connectivity index (χ0v) is 35.9. The highest BCUT2D eigenvalue weighted by atomic mass is 19.4. The fraction of sp³-hybridized carbons (Fsp3) is 0.0678. The molecule has 0 spiro atoms. The van der Waals surface area contributed by atoms with E-state index in [1.807, 2.05) is 54.6 Å². The van der Waals surface area contributed by atoms with E-state index in [1.54, 1.807) is 19.1 Å². The molecule has 0 N–H and O–H groups in total. The number of rotatable bonds is 6. The van der Waals surface area contributed by atoms with E-state index in [9.17, 15) is 18.4 Å². The van der Waals surface area contributed by atoms with Crippen LogP contribution >= 0.6 is 0 Å². The van der Waals surface area contributed by atoms with Gasteiger partial charge >= 0.3 is 6.18 Å². The van der Waals surface area contributed by atoms with Gasteiger partial charge in [-0.3, -0.25) is 0 Å². The Kier molecular flexibility index (Phi) is 9.34. The van der Waals surface area contributed by atoms with Gasteiger partial charge in [0.25, 0.3) is 0 Å². The summed E-state index contributed by atoms with van der Waals surface area (Å²) in [5.41, 5.74) is 14.3. The minimum Gasteiger partial charge on any atom is -0.309 e. The largest absolute Gasteiger partial charge is 0.417 e. The van der Waals surface area contributed by atoms with Crippen LogP contribution in [0.5, 0.6) is 0 Å². The number of para-hydroxylation sites is 2. The van der Waals surface area contributed by atoms with Crippen molar-refractivity contribution >= 4 is 43.6 Å². The summed E-state index contributed by atoms with van der Waals surface area (Å²) in [6.45, 7) is 5.90. The van der Waals surface area contributed by atoms with Crippen molar-refractivity contribution in [2.75, 3.05) is 0 Å². The SMILES string of the molecule is Cc1cccc(-c2ccc3c(c2)c2ccccc2n3-c2ccc(C#N)cc2-c2cc(-c3c(C)cccc3C(F)(F)F)ccc2-n2c3ccccc3c3cc(-c4cccc(C)c4)ccc32)c1. The van der Waals surface area contributed by atoms with E-state index >= 15 is 0 Å². The van der Waals surface area contributed by atoms with Gasteiger partial charge in [0.15, 0.2) is 0 Å². The predicted molar refractivity (Wildman–Crippen MR) is 261 cm³/mol. The number of nitriles is 1. The van der Waals surface area contributed by atoms with Crippen molar-refractivity contribution < 1.29 is 13.2 Å². The molecule has 0 aliphatic rings. The van der Waals surface area contributed by atoms with Gasteiger partial charge in [-0.1, -0.05) is 126 Å². The summed E-state index contributed by atoms with van der Waals surface area (Å²) in [6, 6.07) is 64.5. The van der Waals surface area contributed by atoms with E-state index in [1.165, 1.54) is 17.2 Å². The molecule has 9 aromatic carbocycles. The minimum absolute atomic E-state index is 0.122. The maximum Gasteiger partial charge on any atom is 0.417 e. The Morgan fingerprint density at radius 3 is 1.43 bits per heavy atom. The molecule has 11 aromatic rings. The van der Waals surface area contributed by atoms with Crippen LogP contribution in [0.25, 0.3) is 99.5 Å². The molecule has 0 amide bonds. The predicted octanol–water partition coefficient (Wildman–Crippen LogP) is 16.4. The molecular formula is C59H40F3N3. The normalized spacial score (nSPS) is 11.8. The lowest BCUT2D eigenvalue weighted by molar-refractivity contribution is -0.137. The van der Waals surface area contributed by atoms with Crippen LogP contribution in [0.15, 0.2) is 188 Å². The summed E-state index contributed by atoms with van der Waals surface area (Å²) in [6.07, 6.45) is -4.59. The zero-order chi connectivity index (χ0) is 44.6. The second-order valence-corrected chi connectivity index (χ2v) is 17.0. The number of alkyl halides is 3. The molecule has 3 nitrogen and oxygen atoms in total. The number of hydrogen-bond donors (Lipinski definition) is 0. The molecule has 0 radical (unpaired) electrons. The standard InChI is InChI=1S/C59H40F3N3/c1-36-11-8-14-40(29-36)42-22-26-55-48(32-42)45-16-4-6-19-52(45)64(55)54-25-21-39(35-63)31-47(54)50-34-44(58-38(3)13-10-18-51(58)59(60,61)62)24-28-57(50)65-53-20-7-5-17-46(53)49-33-43(23-27-56(49)65)41-15-9-12-37(2)30-41/h4-34H,1-3H3. The highest BCUT2D eigenvalue weighted by Crippen LogP contribution is 2.46. The molecule has 0 aliphatic carbocycles. The van der Waals surface area contributed by atoms with Crippen LogP contribution in [0.2, 0.25) is 0 Å². The van der Waals surface area contributed by atoms with Gasteiger partial charge in [-0.25, -0.2) is 0 Å². The van der Waals surface area contributed by atoms with Crippen molar-refractivity contribution in [1.29, 1.82) is 5.26 Å². The van der Waals surface area contributed by atoms with Crippen molar-refractivity contribution in [3.8, 4) is 62.0 Å². The molecule has 0 fully saturated rings. The molecule has 0 saturated carbocycles. The zero-order valence-electron chi connectivity index (χ0n) is 35.9. The van der Waals surface area contributed by atoms with Crippen molar-refractivity contribution in [1.82, 2.24) is 9.13 Å². The number of fused-ring (bicyclic) bond motifs is 6. The Morgan fingerprint density at radius 2 is 0.892 bits per heavy atom.